The standard InChI is InChI=1S/C14H22FNO/c1-4-13(16-14(9-17)10(2)3)11-6-5-7-12(15)8-11/h5-8,10,13-14,16-17H,4,9H2,1-3H3/t13?,14-/m1/s1. The van der Waals surface area contributed by atoms with Crippen molar-refractivity contribution in [1.82, 2.24) is 5.32 Å². The highest BCUT2D eigenvalue weighted by Gasteiger charge is 2.17. The quantitative estimate of drug-likeness (QED) is 0.800. The maximum atomic E-state index is 13.2. The van der Waals surface area contributed by atoms with Gasteiger partial charge in [-0.05, 0) is 30.0 Å². The van der Waals surface area contributed by atoms with Gasteiger partial charge in [0.05, 0.1) is 6.61 Å². The smallest absolute Gasteiger partial charge is 0.123 e. The summed E-state index contributed by atoms with van der Waals surface area (Å²) in [4.78, 5) is 0. The molecule has 0 aromatic heterocycles. The summed E-state index contributed by atoms with van der Waals surface area (Å²) < 4.78 is 13.2. The number of nitrogens with one attached hydrogen (secondary N) is 1. The molecule has 96 valence electrons. The molecular formula is C14H22FNO. The molecule has 1 rings (SSSR count). The minimum Gasteiger partial charge on any atom is -0.395 e. The van der Waals surface area contributed by atoms with Crippen LogP contribution >= 0.6 is 0 Å². The summed E-state index contributed by atoms with van der Waals surface area (Å²) in [7, 11) is 0. The van der Waals surface area contributed by atoms with Crippen LogP contribution in [0.1, 0.15) is 38.8 Å². The van der Waals surface area contributed by atoms with Crippen LogP contribution in [0.5, 0.6) is 0 Å². The van der Waals surface area contributed by atoms with E-state index >= 15 is 0 Å². The Balaban J connectivity index is 2.78. The zero-order valence-electron chi connectivity index (χ0n) is 10.8. The van der Waals surface area contributed by atoms with Gasteiger partial charge in [-0.25, -0.2) is 4.39 Å². The molecule has 2 nitrogen and oxygen atoms in total. The van der Waals surface area contributed by atoms with Gasteiger partial charge in [0.1, 0.15) is 5.82 Å². The third-order valence-electron chi connectivity index (χ3n) is 3.08. The van der Waals surface area contributed by atoms with Gasteiger partial charge in [0.2, 0.25) is 0 Å². The molecule has 2 atom stereocenters. The molecule has 0 aliphatic rings. The molecule has 2 N–H and O–H groups in total. The Bertz CT molecular complexity index is 341. The van der Waals surface area contributed by atoms with Crippen molar-refractivity contribution in [3.8, 4) is 0 Å². The SMILES string of the molecule is CCC(N[C@H](CO)C(C)C)c1cccc(F)c1. The second kappa shape index (κ2) is 6.72. The highest BCUT2D eigenvalue weighted by Crippen LogP contribution is 2.19. The lowest BCUT2D eigenvalue weighted by molar-refractivity contribution is 0.198. The van der Waals surface area contributed by atoms with Gasteiger partial charge < -0.3 is 10.4 Å². The first-order chi connectivity index (χ1) is 8.08. The van der Waals surface area contributed by atoms with Gasteiger partial charge in [-0.15, -0.1) is 0 Å². The molecule has 0 saturated carbocycles. The molecule has 0 amide bonds. The van der Waals surface area contributed by atoms with Crippen molar-refractivity contribution in [3.05, 3.63) is 35.6 Å². The molecule has 0 spiro atoms. The third kappa shape index (κ3) is 4.10. The molecule has 1 aromatic rings. The van der Waals surface area contributed by atoms with Gasteiger partial charge >= 0.3 is 0 Å². The fraction of sp³-hybridized carbons (Fsp3) is 0.571. The second-order valence-corrected chi connectivity index (χ2v) is 4.72. The van der Waals surface area contributed by atoms with E-state index in [1.165, 1.54) is 6.07 Å². The lowest BCUT2D eigenvalue weighted by atomic mass is 9.99. The Morgan fingerprint density at radius 2 is 2.06 bits per heavy atom. The summed E-state index contributed by atoms with van der Waals surface area (Å²) in [6.45, 7) is 6.28. The molecule has 1 aromatic carbocycles. The van der Waals surface area contributed by atoms with Crippen LogP contribution in [0.25, 0.3) is 0 Å². The first-order valence-corrected chi connectivity index (χ1v) is 6.20. The van der Waals surface area contributed by atoms with Crippen LogP contribution in [0.2, 0.25) is 0 Å². The maximum Gasteiger partial charge on any atom is 0.123 e. The number of hydrogen-bond donors (Lipinski definition) is 2. The Hall–Kier alpha value is -0.930. The predicted octanol–water partition coefficient (Wildman–Crippen LogP) is 2.88. The van der Waals surface area contributed by atoms with Crippen molar-refractivity contribution in [2.24, 2.45) is 5.92 Å². The average Bonchev–Trinajstić information content (AvgIpc) is 2.30. The highest BCUT2D eigenvalue weighted by molar-refractivity contribution is 5.20. The van der Waals surface area contributed by atoms with Crippen molar-refractivity contribution in [3.63, 3.8) is 0 Å². The average molecular weight is 239 g/mol. The minimum atomic E-state index is -0.215. The molecular weight excluding hydrogens is 217 g/mol. The van der Waals surface area contributed by atoms with Crippen LogP contribution in [-0.4, -0.2) is 17.8 Å². The van der Waals surface area contributed by atoms with Crippen LogP contribution in [0.4, 0.5) is 4.39 Å². The molecule has 0 aliphatic carbocycles. The highest BCUT2D eigenvalue weighted by atomic mass is 19.1. The fourth-order valence-electron chi connectivity index (χ4n) is 1.89. The summed E-state index contributed by atoms with van der Waals surface area (Å²) in [6, 6.07) is 6.77. The van der Waals surface area contributed by atoms with Crippen molar-refractivity contribution >= 4 is 0 Å². The van der Waals surface area contributed by atoms with Crippen LogP contribution in [-0.2, 0) is 0 Å². The van der Waals surface area contributed by atoms with E-state index in [0.29, 0.717) is 5.92 Å². The Kier molecular flexibility index (Phi) is 5.59. The van der Waals surface area contributed by atoms with E-state index in [-0.39, 0.29) is 24.5 Å². The number of hydrogen-bond acceptors (Lipinski definition) is 2. The van der Waals surface area contributed by atoms with Gasteiger partial charge in [-0.2, -0.15) is 0 Å². The molecule has 0 fully saturated rings. The van der Waals surface area contributed by atoms with E-state index in [2.05, 4.69) is 26.1 Å². The Morgan fingerprint density at radius 3 is 2.53 bits per heavy atom. The number of aliphatic hydroxyl groups is 1. The first-order valence-electron chi connectivity index (χ1n) is 6.20. The van der Waals surface area contributed by atoms with Crippen molar-refractivity contribution < 1.29 is 9.50 Å². The lowest BCUT2D eigenvalue weighted by Gasteiger charge is -2.26. The van der Waals surface area contributed by atoms with Gasteiger partial charge in [0.15, 0.2) is 0 Å². The van der Waals surface area contributed by atoms with E-state index < -0.39 is 0 Å². The largest absolute Gasteiger partial charge is 0.395 e. The molecule has 0 heterocycles. The first kappa shape index (κ1) is 14.1. The van der Waals surface area contributed by atoms with E-state index in [1.807, 2.05) is 6.07 Å². The van der Waals surface area contributed by atoms with Gasteiger partial charge in [-0.3, -0.25) is 0 Å². The molecule has 1 unspecified atom stereocenters. The molecule has 17 heavy (non-hydrogen) atoms. The normalized spacial score (nSPS) is 14.9. The summed E-state index contributed by atoms with van der Waals surface area (Å²) in [5, 5.41) is 12.7. The van der Waals surface area contributed by atoms with Crippen molar-refractivity contribution in [2.75, 3.05) is 6.61 Å². The van der Waals surface area contributed by atoms with E-state index in [4.69, 9.17) is 0 Å². The van der Waals surface area contributed by atoms with Gasteiger partial charge in [0, 0.05) is 12.1 Å². The zero-order chi connectivity index (χ0) is 12.8. The van der Waals surface area contributed by atoms with Gasteiger partial charge in [0.25, 0.3) is 0 Å². The topological polar surface area (TPSA) is 32.3 Å². The minimum absolute atomic E-state index is 0.0446. The molecule has 0 aliphatic heterocycles. The molecule has 0 radical (unpaired) electrons. The number of rotatable bonds is 6. The van der Waals surface area contributed by atoms with Crippen LogP contribution in [0.15, 0.2) is 24.3 Å². The summed E-state index contributed by atoms with van der Waals surface area (Å²) in [6.07, 6.45) is 0.868. The summed E-state index contributed by atoms with van der Waals surface area (Å²) >= 11 is 0. The fourth-order valence-corrected chi connectivity index (χ4v) is 1.89. The van der Waals surface area contributed by atoms with Crippen LogP contribution in [0.3, 0.4) is 0 Å². The van der Waals surface area contributed by atoms with Crippen LogP contribution < -0.4 is 5.32 Å². The van der Waals surface area contributed by atoms with Crippen molar-refractivity contribution in [2.45, 2.75) is 39.3 Å². The second-order valence-electron chi connectivity index (χ2n) is 4.72. The van der Waals surface area contributed by atoms with Gasteiger partial charge in [-0.1, -0.05) is 32.9 Å². The third-order valence-corrected chi connectivity index (χ3v) is 3.08. The summed E-state index contributed by atoms with van der Waals surface area (Å²) in [5.74, 6) is 0.135. The van der Waals surface area contributed by atoms with E-state index in [9.17, 15) is 9.50 Å². The Labute approximate surface area is 103 Å². The maximum absolute atomic E-state index is 13.2. The zero-order valence-corrected chi connectivity index (χ0v) is 10.8. The monoisotopic (exact) mass is 239 g/mol. The molecule has 3 heteroatoms. The number of halogens is 1. The molecule has 0 saturated heterocycles. The summed E-state index contributed by atoms with van der Waals surface area (Å²) in [5.41, 5.74) is 0.937. The van der Waals surface area contributed by atoms with E-state index in [0.717, 1.165) is 12.0 Å². The predicted molar refractivity (Wildman–Crippen MR) is 68.3 cm³/mol. The number of aliphatic hydroxyl groups excluding tert-OH is 1. The van der Waals surface area contributed by atoms with E-state index in [1.54, 1.807) is 12.1 Å². The Morgan fingerprint density at radius 1 is 1.35 bits per heavy atom. The molecule has 0 bridgehead atoms. The number of benzene rings is 1. The lowest BCUT2D eigenvalue weighted by Crippen LogP contribution is -2.39. The van der Waals surface area contributed by atoms with Crippen LogP contribution in [0, 0.1) is 11.7 Å². The van der Waals surface area contributed by atoms with Crippen molar-refractivity contribution in [1.29, 1.82) is 0 Å².